The van der Waals surface area contributed by atoms with E-state index in [0.717, 1.165) is 12.1 Å². The summed E-state index contributed by atoms with van der Waals surface area (Å²) in [5.74, 6) is -1.12. The van der Waals surface area contributed by atoms with E-state index in [2.05, 4.69) is 20.5 Å². The molecule has 35 heavy (non-hydrogen) atoms. The number of aromatic hydroxyl groups is 1. The number of rotatable bonds is 4. The Hall–Kier alpha value is -3.64. The number of carbonyl (C=O) groups is 2. The maximum Gasteiger partial charge on any atom is 0.416 e. The lowest BCUT2D eigenvalue weighted by Crippen LogP contribution is -2.56. The minimum atomic E-state index is -4.59. The summed E-state index contributed by atoms with van der Waals surface area (Å²) >= 11 is 0. The first-order valence-electron chi connectivity index (χ1n) is 10.8. The molecule has 0 spiro atoms. The molecule has 0 bridgehead atoms. The van der Waals surface area contributed by atoms with E-state index in [1.54, 1.807) is 27.7 Å². The molecule has 1 aliphatic heterocycles. The largest absolute Gasteiger partial charge is 0.507 e. The molecule has 1 aromatic carbocycles. The molecule has 190 valence electrons. The second-order valence-corrected chi connectivity index (χ2v) is 9.27. The number of alkyl halides is 3. The van der Waals surface area contributed by atoms with E-state index in [1.807, 2.05) is 0 Å². The SMILES string of the molecule is Cc1nc(NC2CCC(C(N)=O)N(C(=O)OC(C)(C)C)C2)nnc1-c1ccc(C(F)(F)F)cc1O. The van der Waals surface area contributed by atoms with Gasteiger partial charge in [-0.3, -0.25) is 9.69 Å². The number of ether oxygens (including phenoxy) is 1. The van der Waals surface area contributed by atoms with Crippen LogP contribution in [-0.4, -0.2) is 61.4 Å². The topological polar surface area (TPSA) is 144 Å². The number of aromatic nitrogens is 3. The number of halogens is 3. The second kappa shape index (κ2) is 9.55. The third kappa shape index (κ3) is 6.28. The van der Waals surface area contributed by atoms with Gasteiger partial charge in [0, 0.05) is 18.2 Å². The number of phenolic OH excluding ortho intramolecular Hbond substituents is 1. The van der Waals surface area contributed by atoms with Crippen LogP contribution in [-0.2, 0) is 15.7 Å². The zero-order valence-corrected chi connectivity index (χ0v) is 19.7. The number of phenols is 1. The fourth-order valence-electron chi connectivity index (χ4n) is 3.71. The van der Waals surface area contributed by atoms with Crippen molar-refractivity contribution in [1.29, 1.82) is 0 Å². The van der Waals surface area contributed by atoms with Crippen LogP contribution in [0.4, 0.5) is 23.9 Å². The zero-order valence-electron chi connectivity index (χ0n) is 19.7. The number of hydrogen-bond donors (Lipinski definition) is 3. The Balaban J connectivity index is 1.77. The van der Waals surface area contributed by atoms with Crippen molar-refractivity contribution in [2.45, 2.75) is 64.4 Å². The maximum atomic E-state index is 12.9. The highest BCUT2D eigenvalue weighted by Crippen LogP contribution is 2.36. The fraction of sp³-hybridized carbons (Fsp3) is 0.500. The summed E-state index contributed by atoms with van der Waals surface area (Å²) in [7, 11) is 0. The van der Waals surface area contributed by atoms with Crippen molar-refractivity contribution in [2.75, 3.05) is 11.9 Å². The molecule has 2 unspecified atom stereocenters. The number of primary amides is 1. The zero-order chi connectivity index (χ0) is 26.1. The number of aryl methyl sites for hydroxylation is 1. The predicted molar refractivity (Wildman–Crippen MR) is 119 cm³/mol. The van der Waals surface area contributed by atoms with E-state index in [4.69, 9.17) is 10.5 Å². The van der Waals surface area contributed by atoms with Gasteiger partial charge in [-0.05, 0) is 58.7 Å². The number of hydrogen-bond acceptors (Lipinski definition) is 8. The van der Waals surface area contributed by atoms with E-state index >= 15 is 0 Å². The Kier molecular flexibility index (Phi) is 7.08. The van der Waals surface area contributed by atoms with Gasteiger partial charge in [0.15, 0.2) is 0 Å². The number of nitrogens with one attached hydrogen (secondary N) is 1. The molecule has 2 heterocycles. The minimum Gasteiger partial charge on any atom is -0.507 e. The van der Waals surface area contributed by atoms with Gasteiger partial charge < -0.3 is 20.9 Å². The van der Waals surface area contributed by atoms with Crippen molar-refractivity contribution in [3.8, 4) is 17.0 Å². The van der Waals surface area contributed by atoms with Crippen molar-refractivity contribution in [3.05, 3.63) is 29.5 Å². The molecule has 0 aliphatic carbocycles. The summed E-state index contributed by atoms with van der Waals surface area (Å²) in [6, 6.07) is 1.40. The Morgan fingerprint density at radius 3 is 2.43 bits per heavy atom. The molecule has 10 nitrogen and oxygen atoms in total. The van der Waals surface area contributed by atoms with Crippen LogP contribution in [0, 0.1) is 6.92 Å². The van der Waals surface area contributed by atoms with Gasteiger partial charge in [0.1, 0.15) is 23.1 Å². The van der Waals surface area contributed by atoms with Gasteiger partial charge in [-0.25, -0.2) is 9.78 Å². The van der Waals surface area contributed by atoms with Crippen LogP contribution < -0.4 is 11.1 Å². The third-order valence-corrected chi connectivity index (χ3v) is 5.31. The number of anilines is 1. The lowest BCUT2D eigenvalue weighted by atomic mass is 9.98. The first-order chi connectivity index (χ1) is 16.2. The van der Waals surface area contributed by atoms with E-state index in [-0.39, 0.29) is 29.8 Å². The Morgan fingerprint density at radius 1 is 1.20 bits per heavy atom. The van der Waals surface area contributed by atoms with E-state index < -0.39 is 41.1 Å². The Morgan fingerprint density at radius 2 is 1.89 bits per heavy atom. The number of benzene rings is 1. The number of piperidine rings is 1. The van der Waals surface area contributed by atoms with Crippen molar-refractivity contribution in [3.63, 3.8) is 0 Å². The molecular formula is C22H27F3N6O4. The van der Waals surface area contributed by atoms with Crippen LogP contribution in [0.15, 0.2) is 18.2 Å². The number of amides is 2. The lowest BCUT2D eigenvalue weighted by Gasteiger charge is -2.38. The molecule has 1 aromatic heterocycles. The smallest absolute Gasteiger partial charge is 0.416 e. The van der Waals surface area contributed by atoms with Crippen LogP contribution in [0.5, 0.6) is 5.75 Å². The van der Waals surface area contributed by atoms with Gasteiger partial charge in [0.2, 0.25) is 11.9 Å². The summed E-state index contributed by atoms with van der Waals surface area (Å²) in [5.41, 5.74) is 4.21. The Labute approximate surface area is 199 Å². The van der Waals surface area contributed by atoms with Crippen LogP contribution >= 0.6 is 0 Å². The quantitative estimate of drug-likeness (QED) is 0.585. The molecule has 2 amide bonds. The third-order valence-electron chi connectivity index (χ3n) is 5.31. The van der Waals surface area contributed by atoms with Gasteiger partial charge >= 0.3 is 12.3 Å². The molecule has 2 atom stereocenters. The first kappa shape index (κ1) is 26.0. The molecular weight excluding hydrogens is 469 g/mol. The standard InChI is InChI=1S/C22H27F3N6O4/c1-11-17(14-7-5-12(9-16(14)32)22(23,24)25)29-30-19(27-11)28-13-6-8-15(18(26)33)31(10-13)20(34)35-21(2,3)4/h5,7,9,13,15,32H,6,8,10H2,1-4H3,(H2,26,33)(H,27,28,30). The molecule has 2 aromatic rings. The molecule has 0 radical (unpaired) electrons. The highest BCUT2D eigenvalue weighted by atomic mass is 19.4. The van der Waals surface area contributed by atoms with Crippen LogP contribution in [0.3, 0.4) is 0 Å². The fourth-order valence-corrected chi connectivity index (χ4v) is 3.71. The summed E-state index contributed by atoms with van der Waals surface area (Å²) in [6.45, 7) is 6.81. The number of nitrogens with two attached hydrogens (primary N) is 1. The van der Waals surface area contributed by atoms with E-state index in [9.17, 15) is 27.9 Å². The van der Waals surface area contributed by atoms with E-state index in [1.165, 1.54) is 4.90 Å². The average Bonchev–Trinajstić information content (AvgIpc) is 2.72. The van der Waals surface area contributed by atoms with Gasteiger partial charge in [0.05, 0.1) is 11.3 Å². The monoisotopic (exact) mass is 496 g/mol. The molecule has 3 rings (SSSR count). The number of carbonyl (C=O) groups excluding carboxylic acids is 2. The molecule has 4 N–H and O–H groups in total. The molecule has 1 aliphatic rings. The summed E-state index contributed by atoms with van der Waals surface area (Å²) < 4.78 is 44.0. The molecule has 13 heteroatoms. The summed E-state index contributed by atoms with van der Waals surface area (Å²) in [4.78, 5) is 30.0. The van der Waals surface area contributed by atoms with Crippen LogP contribution in [0.1, 0.15) is 44.9 Å². The summed E-state index contributed by atoms with van der Waals surface area (Å²) in [6.07, 6.45) is -4.48. The van der Waals surface area contributed by atoms with Crippen LogP contribution in [0.2, 0.25) is 0 Å². The first-order valence-corrected chi connectivity index (χ1v) is 10.8. The van der Waals surface area contributed by atoms with Crippen molar-refractivity contribution >= 4 is 17.9 Å². The maximum absolute atomic E-state index is 12.9. The Bertz CT molecular complexity index is 1120. The predicted octanol–water partition coefficient (Wildman–Crippen LogP) is 3.24. The van der Waals surface area contributed by atoms with Gasteiger partial charge in [-0.1, -0.05) is 0 Å². The van der Waals surface area contributed by atoms with Crippen molar-refractivity contribution in [1.82, 2.24) is 20.1 Å². The van der Waals surface area contributed by atoms with Crippen LogP contribution in [0.25, 0.3) is 11.3 Å². The van der Waals surface area contributed by atoms with Crippen molar-refractivity contribution in [2.24, 2.45) is 5.73 Å². The molecule has 0 saturated carbocycles. The lowest BCUT2D eigenvalue weighted by molar-refractivity contribution is -0.137. The second-order valence-electron chi connectivity index (χ2n) is 9.27. The minimum absolute atomic E-state index is 0.0557. The van der Waals surface area contributed by atoms with E-state index in [0.29, 0.717) is 24.6 Å². The average molecular weight is 496 g/mol. The summed E-state index contributed by atoms with van der Waals surface area (Å²) in [5, 5.41) is 21.1. The van der Waals surface area contributed by atoms with Gasteiger partial charge in [0.25, 0.3) is 0 Å². The highest BCUT2D eigenvalue weighted by Gasteiger charge is 2.37. The normalized spacial score (nSPS) is 18.8. The van der Waals surface area contributed by atoms with Gasteiger partial charge in [-0.15, -0.1) is 10.2 Å². The number of nitrogens with zero attached hydrogens (tertiary/aromatic N) is 4. The van der Waals surface area contributed by atoms with Crippen molar-refractivity contribution < 1.29 is 32.6 Å². The number of likely N-dealkylation sites (tertiary alicyclic amines) is 1. The van der Waals surface area contributed by atoms with Gasteiger partial charge in [-0.2, -0.15) is 13.2 Å². The molecule has 1 saturated heterocycles. The molecule has 1 fully saturated rings. The highest BCUT2D eigenvalue weighted by molar-refractivity contribution is 5.84.